The molecule has 0 aliphatic carbocycles. The number of carbonyl (C=O) groups is 1. The molecule has 0 aromatic heterocycles. The predicted molar refractivity (Wildman–Crippen MR) is 121 cm³/mol. The van der Waals surface area contributed by atoms with Crippen molar-refractivity contribution in [1.82, 2.24) is 9.80 Å². The van der Waals surface area contributed by atoms with Crippen molar-refractivity contribution in [3.8, 4) is 0 Å². The van der Waals surface area contributed by atoms with Crippen molar-refractivity contribution < 1.29 is 4.79 Å². The molecule has 2 atom stereocenters. The second-order valence-electron chi connectivity index (χ2n) is 8.09. The fraction of sp³-hybridized carbons (Fsp3) is 0.269. The van der Waals surface area contributed by atoms with Crippen molar-refractivity contribution in [2.75, 3.05) is 26.7 Å². The summed E-state index contributed by atoms with van der Waals surface area (Å²) in [5.74, 6) is 0. The molecule has 1 aliphatic heterocycles. The summed E-state index contributed by atoms with van der Waals surface area (Å²) in [6, 6.07) is 30.1. The van der Waals surface area contributed by atoms with Gasteiger partial charge in [-0.1, -0.05) is 91.0 Å². The molecular formula is C26H29N3O. The molecule has 0 amide bonds. The van der Waals surface area contributed by atoms with E-state index in [1.54, 1.807) is 0 Å². The molecule has 2 N–H and O–H groups in total. The molecule has 3 aromatic rings. The van der Waals surface area contributed by atoms with Gasteiger partial charge in [-0.3, -0.25) is 4.90 Å². The Hall–Kier alpha value is -2.79. The van der Waals surface area contributed by atoms with Crippen LogP contribution in [0.5, 0.6) is 0 Å². The number of benzene rings is 3. The Morgan fingerprint density at radius 1 is 0.833 bits per heavy atom. The molecular weight excluding hydrogens is 370 g/mol. The highest BCUT2D eigenvalue weighted by Gasteiger charge is 2.48. The van der Waals surface area contributed by atoms with Crippen LogP contribution in [0, 0.1) is 0 Å². The van der Waals surface area contributed by atoms with Crippen LogP contribution >= 0.6 is 0 Å². The van der Waals surface area contributed by atoms with Crippen molar-refractivity contribution in [2.24, 2.45) is 5.73 Å². The number of hydrogen-bond donors (Lipinski definition) is 1. The second kappa shape index (κ2) is 8.92. The van der Waals surface area contributed by atoms with Gasteiger partial charge in [0.2, 0.25) is 0 Å². The minimum absolute atomic E-state index is 0.404. The molecule has 2 unspecified atom stereocenters. The van der Waals surface area contributed by atoms with E-state index in [4.69, 9.17) is 5.73 Å². The Balaban J connectivity index is 1.88. The highest BCUT2D eigenvalue weighted by atomic mass is 16.1. The van der Waals surface area contributed by atoms with Crippen LogP contribution in [-0.4, -0.2) is 48.8 Å². The van der Waals surface area contributed by atoms with Crippen molar-refractivity contribution in [3.63, 3.8) is 0 Å². The van der Waals surface area contributed by atoms with E-state index in [0.29, 0.717) is 0 Å². The van der Waals surface area contributed by atoms with Crippen molar-refractivity contribution in [3.05, 3.63) is 108 Å². The van der Waals surface area contributed by atoms with Gasteiger partial charge in [-0.25, -0.2) is 0 Å². The lowest BCUT2D eigenvalue weighted by Gasteiger charge is -2.53. The Morgan fingerprint density at radius 2 is 1.33 bits per heavy atom. The van der Waals surface area contributed by atoms with Crippen LogP contribution in [-0.2, 0) is 10.3 Å². The van der Waals surface area contributed by atoms with Crippen molar-refractivity contribution in [2.45, 2.75) is 17.6 Å². The van der Waals surface area contributed by atoms with Gasteiger partial charge in [-0.05, 0) is 23.7 Å². The van der Waals surface area contributed by atoms with Gasteiger partial charge in [0.25, 0.3) is 0 Å². The minimum atomic E-state index is -0.465. The minimum Gasteiger partial charge on any atom is -0.322 e. The number of nitrogens with zero attached hydrogens (tertiary/aromatic N) is 2. The summed E-state index contributed by atoms with van der Waals surface area (Å²) < 4.78 is 0. The lowest BCUT2D eigenvalue weighted by Crippen LogP contribution is -2.64. The number of rotatable bonds is 6. The van der Waals surface area contributed by atoms with Crippen LogP contribution in [0.1, 0.15) is 22.7 Å². The smallest absolute Gasteiger partial charge is 0.139 e. The first-order valence-electron chi connectivity index (χ1n) is 10.5. The average molecular weight is 400 g/mol. The first kappa shape index (κ1) is 20.5. The number of likely N-dealkylation sites (N-methyl/N-ethyl adjacent to an activating group) is 1. The van der Waals surface area contributed by atoms with Crippen molar-refractivity contribution >= 4 is 6.29 Å². The fourth-order valence-electron chi connectivity index (χ4n) is 4.77. The summed E-state index contributed by atoms with van der Waals surface area (Å²) in [4.78, 5) is 17.2. The Labute approximate surface area is 178 Å². The van der Waals surface area contributed by atoms with E-state index >= 15 is 0 Å². The average Bonchev–Trinajstić information content (AvgIpc) is 2.82. The Morgan fingerprint density at radius 3 is 1.83 bits per heavy atom. The lowest BCUT2D eigenvalue weighted by molar-refractivity contribution is -0.117. The molecule has 4 rings (SSSR count). The Bertz CT molecular complexity index is 906. The van der Waals surface area contributed by atoms with Gasteiger partial charge in [-0.15, -0.1) is 0 Å². The molecule has 1 fully saturated rings. The topological polar surface area (TPSA) is 49.6 Å². The molecule has 3 aromatic carbocycles. The largest absolute Gasteiger partial charge is 0.322 e. The maximum Gasteiger partial charge on any atom is 0.139 e. The van der Waals surface area contributed by atoms with Crippen LogP contribution < -0.4 is 5.73 Å². The van der Waals surface area contributed by atoms with Crippen LogP contribution in [0.3, 0.4) is 0 Å². The monoisotopic (exact) mass is 399 g/mol. The first-order valence-corrected chi connectivity index (χ1v) is 10.5. The standard InChI is InChI=1S/C26H29N3O/c1-28-17-18-29(24(19-30)25(27)21-11-5-2-6-12-21)26(20-28,22-13-7-3-8-14-22)23-15-9-4-10-16-23/h2-16,19,24-25H,17-18,20,27H2,1H3. The van der Waals surface area contributed by atoms with E-state index in [2.05, 4.69) is 65.4 Å². The highest BCUT2D eigenvalue weighted by molar-refractivity contribution is 5.61. The summed E-state index contributed by atoms with van der Waals surface area (Å²) >= 11 is 0. The summed E-state index contributed by atoms with van der Waals surface area (Å²) in [6.45, 7) is 2.42. The normalized spacial score (nSPS) is 19.1. The molecule has 4 nitrogen and oxygen atoms in total. The lowest BCUT2D eigenvalue weighted by atomic mass is 9.77. The highest BCUT2D eigenvalue weighted by Crippen LogP contribution is 2.41. The van der Waals surface area contributed by atoms with Crippen LogP contribution in [0.2, 0.25) is 0 Å². The van der Waals surface area contributed by atoms with E-state index in [1.165, 1.54) is 11.1 Å². The second-order valence-corrected chi connectivity index (χ2v) is 8.09. The molecule has 30 heavy (non-hydrogen) atoms. The Kier molecular flexibility index (Phi) is 6.09. The molecule has 1 aliphatic rings. The predicted octanol–water partition coefficient (Wildman–Crippen LogP) is 3.45. The SMILES string of the molecule is CN1CCN(C(C=O)C(N)c2ccccc2)C(c2ccccc2)(c2ccccc2)C1. The molecule has 0 saturated carbocycles. The quantitative estimate of drug-likeness (QED) is 0.645. The maximum atomic E-state index is 12.5. The van der Waals surface area contributed by atoms with Crippen molar-refractivity contribution in [1.29, 1.82) is 0 Å². The zero-order valence-electron chi connectivity index (χ0n) is 17.4. The fourth-order valence-corrected chi connectivity index (χ4v) is 4.77. The number of aldehydes is 1. The van der Waals surface area contributed by atoms with Gasteiger partial charge in [0.05, 0.1) is 17.6 Å². The van der Waals surface area contributed by atoms with Gasteiger partial charge in [0.1, 0.15) is 6.29 Å². The third kappa shape index (κ3) is 3.70. The van der Waals surface area contributed by atoms with E-state index < -0.39 is 17.6 Å². The van der Waals surface area contributed by atoms with E-state index in [0.717, 1.165) is 31.5 Å². The molecule has 0 spiro atoms. The summed E-state index contributed by atoms with van der Waals surface area (Å²) in [5, 5.41) is 0. The zero-order chi connectivity index (χ0) is 21.0. The molecule has 1 saturated heterocycles. The first-order chi connectivity index (χ1) is 14.7. The molecule has 0 bridgehead atoms. The van der Waals surface area contributed by atoms with Gasteiger partial charge in [-0.2, -0.15) is 0 Å². The third-order valence-corrected chi connectivity index (χ3v) is 6.27. The summed E-state index contributed by atoms with van der Waals surface area (Å²) in [6.07, 6.45) is 1.03. The molecule has 1 heterocycles. The van der Waals surface area contributed by atoms with Crippen LogP contribution in [0.15, 0.2) is 91.0 Å². The van der Waals surface area contributed by atoms with Gasteiger partial charge in [0, 0.05) is 19.6 Å². The number of nitrogens with two attached hydrogens (primary N) is 1. The maximum absolute atomic E-state index is 12.5. The molecule has 4 heteroatoms. The summed E-state index contributed by atoms with van der Waals surface area (Å²) in [7, 11) is 2.14. The molecule has 154 valence electrons. The van der Waals surface area contributed by atoms with E-state index in [-0.39, 0.29) is 0 Å². The summed E-state index contributed by atoms with van der Waals surface area (Å²) in [5.41, 5.74) is 9.57. The van der Waals surface area contributed by atoms with Crippen LogP contribution in [0.4, 0.5) is 0 Å². The van der Waals surface area contributed by atoms with Gasteiger partial charge in [0.15, 0.2) is 0 Å². The number of hydrogen-bond acceptors (Lipinski definition) is 4. The molecule has 0 radical (unpaired) electrons. The third-order valence-electron chi connectivity index (χ3n) is 6.27. The van der Waals surface area contributed by atoms with Gasteiger partial charge < -0.3 is 15.4 Å². The van der Waals surface area contributed by atoms with E-state index in [9.17, 15) is 4.79 Å². The van der Waals surface area contributed by atoms with E-state index in [1.807, 2.05) is 42.5 Å². The number of carbonyl (C=O) groups excluding carboxylic acids is 1. The van der Waals surface area contributed by atoms with Crippen LogP contribution in [0.25, 0.3) is 0 Å². The zero-order valence-corrected chi connectivity index (χ0v) is 17.4. The number of piperazine rings is 1. The van der Waals surface area contributed by atoms with Gasteiger partial charge >= 0.3 is 0 Å².